The molecule has 2 aromatic carbocycles. The number of rotatable bonds is 6. The van der Waals surface area contributed by atoms with E-state index in [2.05, 4.69) is 15.2 Å². The second-order valence-electron chi connectivity index (χ2n) is 7.01. The molecule has 1 N–H and O–H groups in total. The van der Waals surface area contributed by atoms with E-state index >= 15 is 4.39 Å². The van der Waals surface area contributed by atoms with Gasteiger partial charge in [-0.3, -0.25) is 9.89 Å². The van der Waals surface area contributed by atoms with Gasteiger partial charge in [0, 0.05) is 23.7 Å². The largest absolute Gasteiger partial charge is 0.486 e. The molecule has 0 atom stereocenters. The zero-order valence-corrected chi connectivity index (χ0v) is 16.2. The number of pyridine rings is 1. The Morgan fingerprint density at radius 3 is 2.69 bits per heavy atom. The summed E-state index contributed by atoms with van der Waals surface area (Å²) in [6.07, 6.45) is 1.65. The van der Waals surface area contributed by atoms with E-state index in [0.29, 0.717) is 16.8 Å². The standard InChI is InChI=1S/C23H20FN3O2/c1-14-8-9-20(29-13-16-6-4-3-5-7-16)22(24)21(14)19(28)11-17-10-18-15(2)26-27-23(18)25-12-17/h3-10,12H,11,13H2,1-2H3,(H,25,26,27). The van der Waals surface area contributed by atoms with Crippen LogP contribution in [-0.2, 0) is 13.0 Å². The maximum Gasteiger partial charge on any atom is 0.181 e. The normalized spacial score (nSPS) is 11.0. The minimum atomic E-state index is -0.625. The summed E-state index contributed by atoms with van der Waals surface area (Å²) >= 11 is 0. The average molecular weight is 389 g/mol. The van der Waals surface area contributed by atoms with Crippen LogP contribution in [0.2, 0.25) is 0 Å². The molecule has 0 spiro atoms. The van der Waals surface area contributed by atoms with Gasteiger partial charge in [0.05, 0.1) is 5.56 Å². The van der Waals surface area contributed by atoms with Crippen LogP contribution >= 0.6 is 0 Å². The Balaban J connectivity index is 1.57. The van der Waals surface area contributed by atoms with Crippen molar-refractivity contribution in [1.82, 2.24) is 15.2 Å². The lowest BCUT2D eigenvalue weighted by molar-refractivity contribution is 0.0987. The smallest absolute Gasteiger partial charge is 0.181 e. The number of aromatic amines is 1. The molecule has 0 saturated carbocycles. The summed E-state index contributed by atoms with van der Waals surface area (Å²) in [5.41, 5.74) is 3.74. The predicted molar refractivity (Wildman–Crippen MR) is 109 cm³/mol. The summed E-state index contributed by atoms with van der Waals surface area (Å²) in [4.78, 5) is 17.2. The zero-order valence-electron chi connectivity index (χ0n) is 16.2. The van der Waals surface area contributed by atoms with Crippen LogP contribution in [-0.4, -0.2) is 21.0 Å². The van der Waals surface area contributed by atoms with Gasteiger partial charge in [0.1, 0.15) is 6.61 Å². The molecule has 0 aliphatic heterocycles. The summed E-state index contributed by atoms with van der Waals surface area (Å²) in [5.74, 6) is -0.867. The number of hydrogen-bond donors (Lipinski definition) is 1. The molecule has 0 bridgehead atoms. The molecule has 5 nitrogen and oxygen atoms in total. The number of carbonyl (C=O) groups excluding carboxylic acids is 1. The summed E-state index contributed by atoms with van der Waals surface area (Å²) in [5, 5.41) is 7.81. The maximum atomic E-state index is 15.1. The summed E-state index contributed by atoms with van der Waals surface area (Å²) in [6.45, 7) is 3.84. The van der Waals surface area contributed by atoms with E-state index in [9.17, 15) is 4.79 Å². The Morgan fingerprint density at radius 1 is 1.10 bits per heavy atom. The molecule has 0 amide bonds. The first-order valence-electron chi connectivity index (χ1n) is 9.31. The van der Waals surface area contributed by atoms with Gasteiger partial charge in [-0.1, -0.05) is 36.4 Å². The fourth-order valence-corrected chi connectivity index (χ4v) is 3.28. The van der Waals surface area contributed by atoms with Crippen molar-refractivity contribution in [3.05, 3.63) is 88.5 Å². The van der Waals surface area contributed by atoms with Gasteiger partial charge in [-0.15, -0.1) is 0 Å². The van der Waals surface area contributed by atoms with Crippen molar-refractivity contribution in [3.8, 4) is 5.75 Å². The van der Waals surface area contributed by atoms with E-state index in [1.807, 2.05) is 43.3 Å². The number of aryl methyl sites for hydroxylation is 2. The monoisotopic (exact) mass is 389 g/mol. The van der Waals surface area contributed by atoms with E-state index in [0.717, 1.165) is 16.6 Å². The van der Waals surface area contributed by atoms with Gasteiger partial charge in [0.15, 0.2) is 23.0 Å². The van der Waals surface area contributed by atoms with Crippen LogP contribution in [0.1, 0.15) is 32.7 Å². The number of Topliss-reactive ketones (excluding diaryl/α,β-unsaturated/α-hetero) is 1. The molecule has 0 fully saturated rings. The van der Waals surface area contributed by atoms with Gasteiger partial charge in [0.25, 0.3) is 0 Å². The van der Waals surface area contributed by atoms with Gasteiger partial charge in [-0.25, -0.2) is 9.37 Å². The fourth-order valence-electron chi connectivity index (χ4n) is 3.28. The Morgan fingerprint density at radius 2 is 1.90 bits per heavy atom. The quantitative estimate of drug-likeness (QED) is 0.485. The van der Waals surface area contributed by atoms with Crippen LogP contribution in [0.3, 0.4) is 0 Å². The van der Waals surface area contributed by atoms with Crippen molar-refractivity contribution in [2.45, 2.75) is 26.9 Å². The van der Waals surface area contributed by atoms with Crippen LogP contribution in [0.25, 0.3) is 11.0 Å². The molecule has 6 heteroatoms. The molecule has 0 unspecified atom stereocenters. The predicted octanol–water partition coefficient (Wildman–Crippen LogP) is 4.72. The highest BCUT2D eigenvalue weighted by atomic mass is 19.1. The fraction of sp³-hybridized carbons (Fsp3) is 0.174. The molecule has 0 radical (unpaired) electrons. The highest BCUT2D eigenvalue weighted by molar-refractivity contribution is 5.99. The van der Waals surface area contributed by atoms with Gasteiger partial charge in [-0.2, -0.15) is 5.10 Å². The Bertz CT molecular complexity index is 1190. The topological polar surface area (TPSA) is 67.9 Å². The van der Waals surface area contributed by atoms with Gasteiger partial charge < -0.3 is 4.74 Å². The number of halogens is 1. The van der Waals surface area contributed by atoms with Crippen molar-refractivity contribution in [2.24, 2.45) is 0 Å². The number of H-pyrrole nitrogens is 1. The first kappa shape index (κ1) is 18.8. The van der Waals surface area contributed by atoms with E-state index in [4.69, 9.17) is 4.74 Å². The van der Waals surface area contributed by atoms with Crippen molar-refractivity contribution in [3.63, 3.8) is 0 Å². The van der Waals surface area contributed by atoms with Crippen LogP contribution in [0.4, 0.5) is 4.39 Å². The maximum absolute atomic E-state index is 15.1. The minimum Gasteiger partial charge on any atom is -0.486 e. The number of nitrogens with zero attached hydrogens (tertiary/aromatic N) is 2. The molecule has 0 saturated heterocycles. The average Bonchev–Trinajstić information content (AvgIpc) is 3.08. The third-order valence-electron chi connectivity index (χ3n) is 4.85. The second kappa shape index (κ2) is 7.83. The molecule has 0 aliphatic rings. The summed E-state index contributed by atoms with van der Waals surface area (Å²) in [7, 11) is 0. The number of benzene rings is 2. The van der Waals surface area contributed by atoms with E-state index in [1.165, 1.54) is 0 Å². The number of ether oxygens (including phenoxy) is 1. The highest BCUT2D eigenvalue weighted by Crippen LogP contribution is 2.26. The first-order chi connectivity index (χ1) is 14.0. The lowest BCUT2D eigenvalue weighted by Crippen LogP contribution is -2.10. The number of nitrogens with one attached hydrogen (secondary N) is 1. The Hall–Kier alpha value is -3.54. The van der Waals surface area contributed by atoms with Gasteiger partial charge in [0.2, 0.25) is 0 Å². The third kappa shape index (κ3) is 3.87. The SMILES string of the molecule is Cc1ccc(OCc2ccccc2)c(F)c1C(=O)Cc1cnc2n[nH]c(C)c2c1. The molecular formula is C23H20FN3O2. The first-order valence-corrected chi connectivity index (χ1v) is 9.31. The van der Waals surface area contributed by atoms with E-state index in [1.54, 1.807) is 25.3 Å². The van der Waals surface area contributed by atoms with Gasteiger partial charge >= 0.3 is 0 Å². The number of carbonyl (C=O) groups is 1. The second-order valence-corrected chi connectivity index (χ2v) is 7.01. The third-order valence-corrected chi connectivity index (χ3v) is 4.85. The van der Waals surface area contributed by atoms with Crippen molar-refractivity contribution in [1.29, 1.82) is 0 Å². The van der Waals surface area contributed by atoms with Crippen molar-refractivity contribution in [2.75, 3.05) is 0 Å². The molecule has 146 valence electrons. The molecule has 0 aliphatic carbocycles. The van der Waals surface area contributed by atoms with Gasteiger partial charge in [-0.05, 0) is 42.7 Å². The highest BCUT2D eigenvalue weighted by Gasteiger charge is 2.20. The van der Waals surface area contributed by atoms with Crippen molar-refractivity contribution < 1.29 is 13.9 Å². The Labute approximate surface area is 167 Å². The van der Waals surface area contributed by atoms with Crippen LogP contribution in [0.5, 0.6) is 5.75 Å². The lowest BCUT2D eigenvalue weighted by Gasteiger charge is -2.12. The zero-order chi connectivity index (χ0) is 20.4. The number of hydrogen-bond acceptors (Lipinski definition) is 4. The number of aromatic nitrogens is 3. The minimum absolute atomic E-state index is 0.0491. The van der Waals surface area contributed by atoms with E-state index in [-0.39, 0.29) is 30.1 Å². The van der Waals surface area contributed by atoms with Crippen LogP contribution in [0.15, 0.2) is 54.7 Å². The van der Waals surface area contributed by atoms with Crippen LogP contribution in [0, 0.1) is 19.7 Å². The molecule has 2 heterocycles. The molecular weight excluding hydrogens is 369 g/mol. The number of ketones is 1. The Kier molecular flexibility index (Phi) is 5.08. The lowest BCUT2D eigenvalue weighted by atomic mass is 9.98. The summed E-state index contributed by atoms with van der Waals surface area (Å²) in [6, 6.07) is 14.6. The summed E-state index contributed by atoms with van der Waals surface area (Å²) < 4.78 is 20.7. The number of fused-ring (bicyclic) bond motifs is 1. The van der Waals surface area contributed by atoms with Crippen molar-refractivity contribution >= 4 is 16.8 Å². The molecule has 4 aromatic rings. The molecule has 2 aromatic heterocycles. The van der Waals surface area contributed by atoms with E-state index < -0.39 is 5.82 Å². The molecule has 29 heavy (non-hydrogen) atoms. The molecule has 4 rings (SSSR count). The van der Waals surface area contributed by atoms with Crippen LogP contribution < -0.4 is 4.74 Å².